The molecule has 1 amide bonds. The normalized spacial score (nSPS) is 10.4. The number of hydrogen-bond acceptors (Lipinski definition) is 5. The minimum Gasteiger partial charge on any atom is -0.497 e. The van der Waals surface area contributed by atoms with Crippen molar-refractivity contribution in [3.8, 4) is 5.75 Å². The monoisotopic (exact) mass is 417 g/mol. The SMILES string of the molecule is COc1ccc(Nc2nc(C)c(C(=O)Nc3ccc(Br)cc3)s2)cc1. The number of nitrogens with one attached hydrogen (secondary N) is 2. The summed E-state index contributed by atoms with van der Waals surface area (Å²) in [6.07, 6.45) is 0. The number of ether oxygens (including phenoxy) is 1. The van der Waals surface area contributed by atoms with Crippen molar-refractivity contribution in [2.75, 3.05) is 17.7 Å². The molecule has 0 spiro atoms. The van der Waals surface area contributed by atoms with Gasteiger partial charge >= 0.3 is 0 Å². The van der Waals surface area contributed by atoms with Crippen molar-refractivity contribution in [1.29, 1.82) is 0 Å². The van der Waals surface area contributed by atoms with Crippen LogP contribution in [0.4, 0.5) is 16.5 Å². The number of carbonyl (C=O) groups is 1. The van der Waals surface area contributed by atoms with Gasteiger partial charge in [-0.15, -0.1) is 0 Å². The third-order valence-corrected chi connectivity index (χ3v) is 5.05. The Balaban J connectivity index is 1.72. The number of thiazole rings is 1. The lowest BCUT2D eigenvalue weighted by Crippen LogP contribution is -2.11. The molecule has 3 rings (SSSR count). The Morgan fingerprint density at radius 3 is 2.36 bits per heavy atom. The minimum atomic E-state index is -0.167. The van der Waals surface area contributed by atoms with Gasteiger partial charge < -0.3 is 15.4 Å². The van der Waals surface area contributed by atoms with E-state index in [-0.39, 0.29) is 5.91 Å². The van der Waals surface area contributed by atoms with Crippen LogP contribution in [0.5, 0.6) is 5.75 Å². The molecule has 0 atom stereocenters. The molecule has 0 saturated heterocycles. The highest BCUT2D eigenvalue weighted by Crippen LogP contribution is 2.27. The highest BCUT2D eigenvalue weighted by molar-refractivity contribution is 9.10. The van der Waals surface area contributed by atoms with Gasteiger partial charge in [-0.1, -0.05) is 27.3 Å². The first kappa shape index (κ1) is 17.4. The Labute approximate surface area is 158 Å². The Kier molecular flexibility index (Phi) is 5.35. The van der Waals surface area contributed by atoms with Crippen molar-refractivity contribution in [2.45, 2.75) is 6.92 Å². The molecule has 25 heavy (non-hydrogen) atoms. The molecule has 1 aromatic heterocycles. The van der Waals surface area contributed by atoms with Crippen LogP contribution in [0, 0.1) is 6.92 Å². The van der Waals surface area contributed by atoms with Gasteiger partial charge in [-0.25, -0.2) is 4.98 Å². The Morgan fingerprint density at radius 2 is 1.72 bits per heavy atom. The molecule has 0 aliphatic rings. The van der Waals surface area contributed by atoms with E-state index >= 15 is 0 Å². The molecule has 128 valence electrons. The topological polar surface area (TPSA) is 63.2 Å². The second kappa shape index (κ2) is 7.67. The molecule has 0 saturated carbocycles. The molecule has 0 aliphatic carbocycles. The molecular weight excluding hydrogens is 402 g/mol. The first-order valence-corrected chi connectivity index (χ1v) is 9.11. The molecular formula is C18H16BrN3O2S. The van der Waals surface area contributed by atoms with Crippen LogP contribution < -0.4 is 15.4 Å². The smallest absolute Gasteiger partial charge is 0.267 e. The van der Waals surface area contributed by atoms with Crippen molar-refractivity contribution in [3.05, 3.63) is 63.6 Å². The van der Waals surface area contributed by atoms with Crippen LogP contribution in [-0.2, 0) is 0 Å². The van der Waals surface area contributed by atoms with Crippen LogP contribution in [-0.4, -0.2) is 18.0 Å². The van der Waals surface area contributed by atoms with E-state index in [0.29, 0.717) is 15.7 Å². The van der Waals surface area contributed by atoms with Crippen molar-refractivity contribution in [3.63, 3.8) is 0 Å². The maximum absolute atomic E-state index is 12.5. The van der Waals surface area contributed by atoms with Crippen LogP contribution in [0.1, 0.15) is 15.4 Å². The largest absolute Gasteiger partial charge is 0.497 e. The van der Waals surface area contributed by atoms with E-state index in [0.717, 1.165) is 21.6 Å². The Bertz CT molecular complexity index is 876. The summed E-state index contributed by atoms with van der Waals surface area (Å²) in [5, 5.41) is 6.76. The zero-order valence-corrected chi connectivity index (χ0v) is 16.1. The number of aryl methyl sites for hydroxylation is 1. The highest BCUT2D eigenvalue weighted by Gasteiger charge is 2.15. The number of anilines is 3. The molecule has 7 heteroatoms. The molecule has 2 aromatic carbocycles. The van der Waals surface area contributed by atoms with Gasteiger partial charge in [0.25, 0.3) is 5.91 Å². The van der Waals surface area contributed by atoms with Gasteiger partial charge in [0.1, 0.15) is 10.6 Å². The van der Waals surface area contributed by atoms with E-state index < -0.39 is 0 Å². The molecule has 3 aromatic rings. The maximum Gasteiger partial charge on any atom is 0.267 e. The number of amides is 1. The highest BCUT2D eigenvalue weighted by atomic mass is 79.9. The van der Waals surface area contributed by atoms with Gasteiger partial charge in [-0.3, -0.25) is 4.79 Å². The molecule has 1 heterocycles. The average Bonchev–Trinajstić information content (AvgIpc) is 2.98. The fourth-order valence-corrected chi connectivity index (χ4v) is 3.33. The molecule has 0 bridgehead atoms. The van der Waals surface area contributed by atoms with Crippen LogP contribution in [0.2, 0.25) is 0 Å². The second-order valence-corrected chi connectivity index (χ2v) is 7.16. The number of rotatable bonds is 5. The second-order valence-electron chi connectivity index (χ2n) is 5.25. The predicted octanol–water partition coefficient (Wildman–Crippen LogP) is 5.22. The van der Waals surface area contributed by atoms with Crippen molar-refractivity contribution in [1.82, 2.24) is 4.98 Å². The van der Waals surface area contributed by atoms with Gasteiger partial charge in [0.15, 0.2) is 5.13 Å². The molecule has 0 radical (unpaired) electrons. The van der Waals surface area contributed by atoms with E-state index in [4.69, 9.17) is 4.74 Å². The Hall–Kier alpha value is -2.38. The molecule has 2 N–H and O–H groups in total. The van der Waals surface area contributed by atoms with E-state index in [1.54, 1.807) is 7.11 Å². The Morgan fingerprint density at radius 1 is 1.08 bits per heavy atom. The zero-order valence-electron chi connectivity index (χ0n) is 13.7. The van der Waals surface area contributed by atoms with Gasteiger partial charge in [0.2, 0.25) is 0 Å². The molecule has 0 fully saturated rings. The lowest BCUT2D eigenvalue weighted by molar-refractivity contribution is 0.103. The number of halogens is 1. The third kappa shape index (κ3) is 4.37. The summed E-state index contributed by atoms with van der Waals surface area (Å²) in [7, 11) is 1.63. The number of benzene rings is 2. The lowest BCUT2D eigenvalue weighted by atomic mass is 10.3. The predicted molar refractivity (Wildman–Crippen MR) is 105 cm³/mol. The summed E-state index contributed by atoms with van der Waals surface area (Å²) in [6.45, 7) is 1.83. The van der Waals surface area contributed by atoms with Crippen molar-refractivity contribution >= 4 is 49.7 Å². The van der Waals surface area contributed by atoms with Crippen LogP contribution in [0.25, 0.3) is 0 Å². The summed E-state index contributed by atoms with van der Waals surface area (Å²) in [4.78, 5) is 17.5. The first-order valence-electron chi connectivity index (χ1n) is 7.50. The number of methoxy groups -OCH3 is 1. The van der Waals surface area contributed by atoms with Gasteiger partial charge in [-0.05, 0) is 55.5 Å². The number of aromatic nitrogens is 1. The van der Waals surface area contributed by atoms with Crippen molar-refractivity contribution in [2.24, 2.45) is 0 Å². The fraction of sp³-hybridized carbons (Fsp3) is 0.111. The standard InChI is InChI=1S/C18H16BrN3O2S/c1-11-16(17(23)21-13-5-3-12(19)4-6-13)25-18(20-11)22-14-7-9-15(24-2)10-8-14/h3-10H,1-2H3,(H,20,22)(H,21,23). The summed E-state index contributed by atoms with van der Waals surface area (Å²) in [6, 6.07) is 15.0. The minimum absolute atomic E-state index is 0.167. The number of carbonyl (C=O) groups excluding carboxylic acids is 1. The zero-order chi connectivity index (χ0) is 17.8. The molecule has 5 nitrogen and oxygen atoms in total. The first-order chi connectivity index (χ1) is 12.0. The average molecular weight is 418 g/mol. The third-order valence-electron chi connectivity index (χ3n) is 3.45. The maximum atomic E-state index is 12.5. The van der Waals surface area contributed by atoms with Crippen molar-refractivity contribution < 1.29 is 9.53 Å². The lowest BCUT2D eigenvalue weighted by Gasteiger charge is -2.04. The van der Waals surface area contributed by atoms with Crippen LogP contribution in [0.3, 0.4) is 0 Å². The van der Waals surface area contributed by atoms with Crippen LogP contribution >= 0.6 is 27.3 Å². The van der Waals surface area contributed by atoms with Gasteiger partial charge in [-0.2, -0.15) is 0 Å². The number of hydrogen-bond donors (Lipinski definition) is 2. The van der Waals surface area contributed by atoms with E-state index in [1.807, 2.05) is 55.5 Å². The van der Waals surface area contributed by atoms with E-state index in [9.17, 15) is 4.79 Å². The fourth-order valence-electron chi connectivity index (χ4n) is 2.18. The summed E-state index contributed by atoms with van der Waals surface area (Å²) in [5.74, 6) is 0.621. The number of nitrogens with zero attached hydrogens (tertiary/aromatic N) is 1. The summed E-state index contributed by atoms with van der Waals surface area (Å²) in [5.41, 5.74) is 2.32. The summed E-state index contributed by atoms with van der Waals surface area (Å²) >= 11 is 4.70. The van der Waals surface area contributed by atoms with Gasteiger partial charge in [0, 0.05) is 15.8 Å². The van der Waals surface area contributed by atoms with E-state index in [2.05, 4.69) is 31.5 Å². The van der Waals surface area contributed by atoms with E-state index in [1.165, 1.54) is 11.3 Å². The quantitative estimate of drug-likeness (QED) is 0.597. The molecule has 0 aliphatic heterocycles. The van der Waals surface area contributed by atoms with Gasteiger partial charge in [0.05, 0.1) is 12.8 Å². The molecule has 0 unspecified atom stereocenters. The summed E-state index contributed by atoms with van der Waals surface area (Å²) < 4.78 is 6.10. The van der Waals surface area contributed by atoms with Crippen LogP contribution in [0.15, 0.2) is 53.0 Å².